The van der Waals surface area contributed by atoms with Crippen molar-refractivity contribution in [2.75, 3.05) is 45.4 Å². The Balaban J connectivity index is 2.88. The van der Waals surface area contributed by atoms with Gasteiger partial charge >= 0.3 is 0 Å². The third-order valence-corrected chi connectivity index (χ3v) is 1.87. The van der Waals surface area contributed by atoms with Crippen LogP contribution in [0.25, 0.3) is 0 Å². The minimum atomic E-state index is -1.76. The number of ether oxygens (including phenoxy) is 3. The van der Waals surface area contributed by atoms with E-state index >= 15 is 0 Å². The van der Waals surface area contributed by atoms with E-state index in [1.54, 1.807) is 0 Å². The van der Waals surface area contributed by atoms with Crippen LogP contribution in [0.1, 0.15) is 6.92 Å². The standard InChI is InChI=1S/C8H18O5S/c1-2-11-3-4-12-5-6-13-7-8-14(9)10/h2-8H2,1H3,(H,9,10). The Morgan fingerprint density at radius 3 is 2.00 bits per heavy atom. The Hall–Kier alpha value is -0.0100. The van der Waals surface area contributed by atoms with Crippen molar-refractivity contribution in [3.8, 4) is 0 Å². The molecular weight excluding hydrogens is 208 g/mol. The zero-order valence-electron chi connectivity index (χ0n) is 8.44. The summed E-state index contributed by atoms with van der Waals surface area (Å²) < 4.78 is 33.8. The van der Waals surface area contributed by atoms with E-state index in [9.17, 15) is 4.21 Å². The number of rotatable bonds is 10. The minimum Gasteiger partial charge on any atom is -0.379 e. The van der Waals surface area contributed by atoms with Crippen molar-refractivity contribution in [3.63, 3.8) is 0 Å². The lowest BCUT2D eigenvalue weighted by Gasteiger charge is -2.04. The highest BCUT2D eigenvalue weighted by molar-refractivity contribution is 7.79. The topological polar surface area (TPSA) is 65.0 Å². The summed E-state index contributed by atoms with van der Waals surface area (Å²) in [5.74, 6) is 0.152. The van der Waals surface area contributed by atoms with Crippen LogP contribution in [0.3, 0.4) is 0 Å². The Bertz CT molecular complexity index is 142. The molecule has 0 saturated carbocycles. The highest BCUT2D eigenvalue weighted by Gasteiger charge is 1.93. The molecule has 0 heterocycles. The average Bonchev–Trinajstić information content (AvgIpc) is 2.15. The third kappa shape index (κ3) is 12.0. The quantitative estimate of drug-likeness (QED) is 0.428. The Morgan fingerprint density at radius 2 is 1.50 bits per heavy atom. The molecule has 1 atom stereocenters. The van der Waals surface area contributed by atoms with Gasteiger partial charge in [0.1, 0.15) is 0 Å². The molecule has 6 heteroatoms. The molecule has 86 valence electrons. The second kappa shape index (κ2) is 11.1. The number of hydrogen-bond acceptors (Lipinski definition) is 4. The summed E-state index contributed by atoms with van der Waals surface area (Å²) in [5.41, 5.74) is 0. The van der Waals surface area contributed by atoms with Crippen LogP contribution in [-0.4, -0.2) is 54.2 Å². The molecule has 0 aromatic rings. The van der Waals surface area contributed by atoms with Gasteiger partial charge in [0.25, 0.3) is 0 Å². The van der Waals surface area contributed by atoms with E-state index in [1.165, 1.54) is 0 Å². The molecule has 0 rings (SSSR count). The summed E-state index contributed by atoms with van der Waals surface area (Å²) in [4.78, 5) is 0. The first-order valence-corrected chi connectivity index (χ1v) is 5.85. The molecule has 0 aliphatic rings. The van der Waals surface area contributed by atoms with Gasteiger partial charge in [-0.05, 0) is 6.92 Å². The van der Waals surface area contributed by atoms with Crippen LogP contribution < -0.4 is 0 Å². The highest BCUT2D eigenvalue weighted by Crippen LogP contribution is 1.82. The second-order valence-corrected chi connectivity index (χ2v) is 3.50. The van der Waals surface area contributed by atoms with Crippen LogP contribution >= 0.6 is 0 Å². The molecule has 0 bridgehead atoms. The maximum absolute atomic E-state index is 10.2. The van der Waals surface area contributed by atoms with Gasteiger partial charge in [-0.1, -0.05) is 0 Å². The molecule has 5 nitrogen and oxygen atoms in total. The summed E-state index contributed by atoms with van der Waals surface area (Å²) in [5, 5.41) is 0. The van der Waals surface area contributed by atoms with Gasteiger partial charge in [0.05, 0.1) is 38.8 Å². The van der Waals surface area contributed by atoms with Crippen molar-refractivity contribution in [1.82, 2.24) is 0 Å². The maximum Gasteiger partial charge on any atom is 0.155 e. The van der Waals surface area contributed by atoms with Crippen molar-refractivity contribution in [2.45, 2.75) is 6.92 Å². The molecule has 0 spiro atoms. The largest absolute Gasteiger partial charge is 0.379 e. The molecule has 0 amide bonds. The molecule has 0 aromatic heterocycles. The summed E-state index contributed by atoms with van der Waals surface area (Å²) in [6.45, 7) is 5.01. The van der Waals surface area contributed by atoms with Crippen LogP contribution in [0.5, 0.6) is 0 Å². The Kier molecular flexibility index (Phi) is 11.1. The highest BCUT2D eigenvalue weighted by atomic mass is 32.2. The first-order valence-electron chi connectivity index (χ1n) is 4.58. The summed E-state index contributed by atoms with van der Waals surface area (Å²) in [6, 6.07) is 0. The minimum absolute atomic E-state index is 0.152. The summed E-state index contributed by atoms with van der Waals surface area (Å²) >= 11 is -1.76. The number of hydrogen-bond donors (Lipinski definition) is 1. The van der Waals surface area contributed by atoms with E-state index in [2.05, 4.69) is 0 Å². The first kappa shape index (κ1) is 14.0. The van der Waals surface area contributed by atoms with Gasteiger partial charge in [0, 0.05) is 6.61 Å². The van der Waals surface area contributed by atoms with Crippen LogP contribution in [0.15, 0.2) is 0 Å². The van der Waals surface area contributed by atoms with Crippen LogP contribution in [0.4, 0.5) is 0 Å². The average molecular weight is 226 g/mol. The van der Waals surface area contributed by atoms with Gasteiger partial charge in [0.2, 0.25) is 0 Å². The van der Waals surface area contributed by atoms with E-state index in [0.29, 0.717) is 33.0 Å². The molecule has 0 fully saturated rings. The summed E-state index contributed by atoms with van der Waals surface area (Å²) in [6.07, 6.45) is 0. The maximum atomic E-state index is 10.2. The normalized spacial score (nSPS) is 13.0. The lowest BCUT2D eigenvalue weighted by molar-refractivity contribution is 0.0198. The molecule has 0 aliphatic heterocycles. The molecule has 1 unspecified atom stereocenters. The monoisotopic (exact) mass is 226 g/mol. The fourth-order valence-corrected chi connectivity index (χ4v) is 0.975. The smallest absolute Gasteiger partial charge is 0.155 e. The van der Waals surface area contributed by atoms with Crippen LogP contribution in [-0.2, 0) is 25.3 Å². The molecule has 0 saturated heterocycles. The lowest BCUT2D eigenvalue weighted by atomic mass is 10.7. The molecular formula is C8H18O5S. The van der Waals surface area contributed by atoms with Crippen molar-refractivity contribution in [1.29, 1.82) is 0 Å². The van der Waals surface area contributed by atoms with Crippen LogP contribution in [0, 0.1) is 0 Å². The van der Waals surface area contributed by atoms with Crippen molar-refractivity contribution < 1.29 is 23.0 Å². The van der Waals surface area contributed by atoms with Gasteiger partial charge in [-0.3, -0.25) is 0 Å². The Labute approximate surface area is 87.0 Å². The van der Waals surface area contributed by atoms with Crippen LogP contribution in [0.2, 0.25) is 0 Å². The van der Waals surface area contributed by atoms with E-state index < -0.39 is 11.1 Å². The predicted molar refractivity (Wildman–Crippen MR) is 53.8 cm³/mol. The third-order valence-electron chi connectivity index (χ3n) is 1.35. The fourth-order valence-electron chi connectivity index (χ4n) is 0.714. The van der Waals surface area contributed by atoms with Crippen molar-refractivity contribution >= 4 is 11.1 Å². The zero-order chi connectivity index (χ0) is 10.6. The van der Waals surface area contributed by atoms with Gasteiger partial charge in [-0.25, -0.2) is 4.21 Å². The second-order valence-electron chi connectivity index (χ2n) is 2.45. The zero-order valence-corrected chi connectivity index (χ0v) is 9.25. The first-order chi connectivity index (χ1) is 6.77. The van der Waals surface area contributed by atoms with E-state index in [-0.39, 0.29) is 12.4 Å². The predicted octanol–water partition coefficient (Wildman–Crippen LogP) is 0.278. The molecule has 0 aromatic carbocycles. The van der Waals surface area contributed by atoms with Gasteiger partial charge < -0.3 is 18.8 Å². The fraction of sp³-hybridized carbons (Fsp3) is 1.00. The van der Waals surface area contributed by atoms with Crippen molar-refractivity contribution in [2.24, 2.45) is 0 Å². The molecule has 0 radical (unpaired) electrons. The van der Waals surface area contributed by atoms with E-state index in [1.807, 2.05) is 6.92 Å². The van der Waals surface area contributed by atoms with Crippen molar-refractivity contribution in [3.05, 3.63) is 0 Å². The Morgan fingerprint density at radius 1 is 1.00 bits per heavy atom. The molecule has 1 N–H and O–H groups in total. The van der Waals surface area contributed by atoms with E-state index in [0.717, 1.165) is 0 Å². The summed E-state index contributed by atoms with van der Waals surface area (Å²) in [7, 11) is 0. The molecule has 14 heavy (non-hydrogen) atoms. The van der Waals surface area contributed by atoms with Gasteiger partial charge in [-0.2, -0.15) is 0 Å². The lowest BCUT2D eigenvalue weighted by Crippen LogP contribution is -2.12. The van der Waals surface area contributed by atoms with E-state index in [4.69, 9.17) is 18.8 Å². The molecule has 0 aliphatic carbocycles. The van der Waals surface area contributed by atoms with Gasteiger partial charge in [-0.15, -0.1) is 0 Å². The SMILES string of the molecule is CCOCCOCCOCCS(=O)O. The van der Waals surface area contributed by atoms with Gasteiger partial charge in [0.15, 0.2) is 11.1 Å².